The highest BCUT2D eigenvalue weighted by atomic mass is 16.6. The Morgan fingerprint density at radius 3 is 2.25 bits per heavy atom. The number of carboxylic acid groups (broad SMARTS) is 1. The van der Waals surface area contributed by atoms with Crippen LogP contribution in [0.25, 0.3) is 6.08 Å². The second-order valence-electron chi connectivity index (χ2n) is 8.16. The number of esters is 1. The molecule has 0 aliphatic carbocycles. The molecule has 0 spiro atoms. The van der Waals surface area contributed by atoms with Gasteiger partial charge in [-0.2, -0.15) is 0 Å². The van der Waals surface area contributed by atoms with Crippen LogP contribution in [0.1, 0.15) is 28.4 Å². The van der Waals surface area contributed by atoms with Crippen LogP contribution in [0.15, 0.2) is 54.6 Å². The highest BCUT2D eigenvalue weighted by molar-refractivity contribution is 5.89. The smallest absolute Gasteiger partial charge is 0.345 e. The number of carbonyl (C=O) groups is 2. The fourth-order valence-corrected chi connectivity index (χ4v) is 3.85. The molecule has 4 rings (SSSR count). The Kier molecular flexibility index (Phi) is 6.60. The molecular formula is C26H22O10. The zero-order valence-electron chi connectivity index (χ0n) is 18.7. The molecule has 1 heterocycles. The maximum absolute atomic E-state index is 12.4. The van der Waals surface area contributed by atoms with E-state index in [2.05, 4.69) is 0 Å². The minimum atomic E-state index is -1.54. The van der Waals surface area contributed by atoms with Gasteiger partial charge in [0.05, 0.1) is 0 Å². The number of rotatable bonds is 7. The highest BCUT2D eigenvalue weighted by Crippen LogP contribution is 2.45. The van der Waals surface area contributed by atoms with Crippen molar-refractivity contribution in [2.45, 2.75) is 25.0 Å². The van der Waals surface area contributed by atoms with Crippen LogP contribution in [-0.2, 0) is 27.2 Å². The summed E-state index contributed by atoms with van der Waals surface area (Å²) in [5.41, 5.74) is 2.03. The van der Waals surface area contributed by atoms with Crippen molar-refractivity contribution in [3.05, 3.63) is 76.9 Å². The standard InChI is InChI=1S/C26H22O10/c27-17-5-1-13(9-20(17)30)10-23(26(33)34)35-24(32)8-4-14-2-7-19(29)25-16(14)12-22(36-25)15-3-6-18(28)21(31)11-15/h1-9,11,22-23,27-31H,10,12H2,(H,33,34)/b8-4+/t22-,23+/m0/s1. The van der Waals surface area contributed by atoms with E-state index >= 15 is 0 Å². The van der Waals surface area contributed by atoms with Crippen molar-refractivity contribution in [1.29, 1.82) is 0 Å². The second kappa shape index (κ2) is 9.79. The average molecular weight is 494 g/mol. The Labute approximate surface area is 204 Å². The van der Waals surface area contributed by atoms with E-state index in [-0.39, 0.29) is 35.2 Å². The molecule has 186 valence electrons. The number of benzene rings is 3. The summed E-state index contributed by atoms with van der Waals surface area (Å²) >= 11 is 0. The van der Waals surface area contributed by atoms with Crippen LogP contribution in [0.4, 0.5) is 0 Å². The fourth-order valence-electron chi connectivity index (χ4n) is 3.85. The van der Waals surface area contributed by atoms with Crippen molar-refractivity contribution < 1.29 is 49.7 Å². The van der Waals surface area contributed by atoms with Gasteiger partial charge in [0.2, 0.25) is 6.10 Å². The minimum Gasteiger partial charge on any atom is -0.504 e. The molecule has 0 radical (unpaired) electrons. The molecule has 1 aliphatic heterocycles. The van der Waals surface area contributed by atoms with E-state index in [0.29, 0.717) is 28.7 Å². The number of ether oxygens (including phenoxy) is 2. The Bertz CT molecular complexity index is 1360. The Morgan fingerprint density at radius 1 is 0.917 bits per heavy atom. The first kappa shape index (κ1) is 24.3. The molecule has 0 saturated heterocycles. The van der Waals surface area contributed by atoms with Crippen LogP contribution < -0.4 is 4.74 Å². The Balaban J connectivity index is 1.48. The lowest BCUT2D eigenvalue weighted by molar-refractivity contribution is -0.160. The Morgan fingerprint density at radius 2 is 1.58 bits per heavy atom. The first-order valence-corrected chi connectivity index (χ1v) is 10.8. The number of phenolic OH excluding ortho intramolecular Hbond substituents is 5. The van der Waals surface area contributed by atoms with Crippen LogP contribution in [0, 0.1) is 0 Å². The third kappa shape index (κ3) is 5.12. The minimum absolute atomic E-state index is 0.113. The van der Waals surface area contributed by atoms with Crippen LogP contribution in [-0.4, -0.2) is 48.7 Å². The molecule has 0 saturated carbocycles. The maximum atomic E-state index is 12.4. The molecule has 0 unspecified atom stereocenters. The normalized spacial score (nSPS) is 15.3. The van der Waals surface area contributed by atoms with Gasteiger partial charge in [-0.15, -0.1) is 0 Å². The number of fused-ring (bicyclic) bond motifs is 1. The van der Waals surface area contributed by atoms with Crippen molar-refractivity contribution in [2.24, 2.45) is 0 Å². The summed E-state index contributed by atoms with van der Waals surface area (Å²) < 4.78 is 10.9. The lowest BCUT2D eigenvalue weighted by Crippen LogP contribution is -2.28. The van der Waals surface area contributed by atoms with Gasteiger partial charge in [0, 0.05) is 24.5 Å². The van der Waals surface area contributed by atoms with Gasteiger partial charge in [0.15, 0.2) is 34.5 Å². The monoisotopic (exact) mass is 494 g/mol. The summed E-state index contributed by atoms with van der Waals surface area (Å²) in [6.45, 7) is 0. The average Bonchev–Trinajstić information content (AvgIpc) is 3.29. The molecule has 3 aromatic rings. The molecule has 10 heteroatoms. The van der Waals surface area contributed by atoms with Crippen LogP contribution >= 0.6 is 0 Å². The summed E-state index contributed by atoms with van der Waals surface area (Å²) in [6.07, 6.45) is 0.433. The molecule has 0 fully saturated rings. The van der Waals surface area contributed by atoms with Gasteiger partial charge in [0.25, 0.3) is 0 Å². The molecular weight excluding hydrogens is 472 g/mol. The first-order chi connectivity index (χ1) is 17.1. The van der Waals surface area contributed by atoms with Crippen molar-refractivity contribution in [2.75, 3.05) is 0 Å². The number of aliphatic carboxylic acids is 1. The van der Waals surface area contributed by atoms with E-state index in [1.165, 1.54) is 42.5 Å². The van der Waals surface area contributed by atoms with Crippen molar-refractivity contribution >= 4 is 18.0 Å². The second-order valence-corrected chi connectivity index (χ2v) is 8.16. The molecule has 3 aromatic carbocycles. The van der Waals surface area contributed by atoms with Crippen LogP contribution in [0.2, 0.25) is 0 Å². The van der Waals surface area contributed by atoms with Gasteiger partial charge in [0.1, 0.15) is 6.10 Å². The van der Waals surface area contributed by atoms with E-state index in [1.54, 1.807) is 12.1 Å². The third-order valence-corrected chi connectivity index (χ3v) is 5.69. The maximum Gasteiger partial charge on any atom is 0.345 e. The summed E-state index contributed by atoms with van der Waals surface area (Å²) in [5, 5.41) is 57.9. The van der Waals surface area contributed by atoms with Gasteiger partial charge in [-0.25, -0.2) is 9.59 Å². The van der Waals surface area contributed by atoms with Gasteiger partial charge in [-0.05, 0) is 53.1 Å². The summed E-state index contributed by atoms with van der Waals surface area (Å²) in [5.74, 6) is -3.59. The van der Waals surface area contributed by atoms with Crippen molar-refractivity contribution in [3.8, 4) is 34.5 Å². The highest BCUT2D eigenvalue weighted by Gasteiger charge is 2.29. The van der Waals surface area contributed by atoms with E-state index in [9.17, 15) is 40.2 Å². The van der Waals surface area contributed by atoms with Gasteiger partial charge in [-0.3, -0.25) is 0 Å². The molecule has 36 heavy (non-hydrogen) atoms. The number of phenols is 5. The summed E-state index contributed by atoms with van der Waals surface area (Å²) in [6, 6.07) is 11.0. The molecule has 0 aromatic heterocycles. The van der Waals surface area contributed by atoms with Crippen LogP contribution in [0.3, 0.4) is 0 Å². The lowest BCUT2D eigenvalue weighted by atomic mass is 9.98. The van der Waals surface area contributed by atoms with E-state index in [1.807, 2.05) is 0 Å². The molecule has 10 nitrogen and oxygen atoms in total. The largest absolute Gasteiger partial charge is 0.504 e. The molecule has 1 aliphatic rings. The van der Waals surface area contributed by atoms with Crippen molar-refractivity contribution in [3.63, 3.8) is 0 Å². The van der Waals surface area contributed by atoms with Gasteiger partial charge >= 0.3 is 11.9 Å². The fraction of sp³-hybridized carbons (Fsp3) is 0.154. The molecule has 0 amide bonds. The number of carboxylic acids is 1. The van der Waals surface area contributed by atoms with Gasteiger partial charge < -0.3 is 40.1 Å². The zero-order chi connectivity index (χ0) is 26.0. The van der Waals surface area contributed by atoms with Crippen LogP contribution in [0.5, 0.6) is 34.5 Å². The summed E-state index contributed by atoms with van der Waals surface area (Å²) in [7, 11) is 0. The van der Waals surface area contributed by atoms with E-state index in [4.69, 9.17) is 9.47 Å². The predicted molar refractivity (Wildman–Crippen MR) is 125 cm³/mol. The van der Waals surface area contributed by atoms with Gasteiger partial charge in [-0.1, -0.05) is 18.2 Å². The first-order valence-electron chi connectivity index (χ1n) is 10.8. The Hall–Kier alpha value is -4.86. The molecule has 0 bridgehead atoms. The number of hydrogen-bond acceptors (Lipinski definition) is 9. The molecule has 6 N–H and O–H groups in total. The quantitative estimate of drug-likeness (QED) is 0.163. The number of aromatic hydroxyl groups is 5. The summed E-state index contributed by atoms with van der Waals surface area (Å²) in [4.78, 5) is 24.0. The number of carbonyl (C=O) groups excluding carboxylic acids is 1. The lowest BCUT2D eigenvalue weighted by Gasteiger charge is -2.13. The predicted octanol–water partition coefficient (Wildman–Crippen LogP) is 3.14. The van der Waals surface area contributed by atoms with E-state index < -0.39 is 29.9 Å². The van der Waals surface area contributed by atoms with Crippen molar-refractivity contribution in [1.82, 2.24) is 0 Å². The number of hydrogen-bond donors (Lipinski definition) is 6. The third-order valence-electron chi connectivity index (χ3n) is 5.69. The topological polar surface area (TPSA) is 174 Å². The molecule has 2 atom stereocenters. The zero-order valence-corrected chi connectivity index (χ0v) is 18.7. The SMILES string of the molecule is O=C(/C=C/c1ccc(O)c2c1C[C@@H](c1ccc(O)c(O)c1)O2)O[C@H](Cc1ccc(O)c(O)c1)C(=O)O. The van der Waals surface area contributed by atoms with E-state index in [0.717, 1.165) is 6.08 Å².